The van der Waals surface area contributed by atoms with E-state index < -0.39 is 0 Å². The number of rotatable bonds is 4. The van der Waals surface area contributed by atoms with Gasteiger partial charge in [-0.1, -0.05) is 18.2 Å². The molecule has 1 aromatic carbocycles. The molecule has 18 heavy (non-hydrogen) atoms. The molecule has 4 nitrogen and oxygen atoms in total. The number of carbonyl (C=O) groups excluding carboxylic acids is 1. The summed E-state index contributed by atoms with van der Waals surface area (Å²) in [5.41, 5.74) is 0.758. The molecule has 4 heteroatoms. The van der Waals surface area contributed by atoms with E-state index in [0.29, 0.717) is 19.8 Å². The highest BCUT2D eigenvalue weighted by molar-refractivity contribution is 5.94. The first-order chi connectivity index (χ1) is 8.83. The van der Waals surface area contributed by atoms with Crippen molar-refractivity contribution in [2.24, 2.45) is 0 Å². The fourth-order valence-electron chi connectivity index (χ4n) is 2.22. The third kappa shape index (κ3) is 3.09. The van der Waals surface area contributed by atoms with E-state index in [1.807, 2.05) is 42.3 Å². The summed E-state index contributed by atoms with van der Waals surface area (Å²) in [4.78, 5) is 14.4. The van der Waals surface area contributed by atoms with E-state index in [-0.39, 0.29) is 11.9 Å². The quantitative estimate of drug-likeness (QED) is 0.868. The number of benzene rings is 1. The molecule has 1 aromatic rings. The zero-order valence-electron chi connectivity index (χ0n) is 10.8. The number of amides is 1. The molecule has 1 saturated heterocycles. The van der Waals surface area contributed by atoms with E-state index in [1.54, 1.807) is 0 Å². The molecule has 0 radical (unpaired) electrons. The van der Waals surface area contributed by atoms with Crippen LogP contribution in [0.4, 0.5) is 0 Å². The van der Waals surface area contributed by atoms with E-state index in [1.165, 1.54) is 0 Å². The normalized spacial score (nSPS) is 19.8. The molecular weight excluding hydrogens is 228 g/mol. The van der Waals surface area contributed by atoms with Crippen LogP contribution < -0.4 is 5.32 Å². The topological polar surface area (TPSA) is 41.6 Å². The van der Waals surface area contributed by atoms with Crippen molar-refractivity contribution in [1.82, 2.24) is 10.2 Å². The van der Waals surface area contributed by atoms with Crippen molar-refractivity contribution in [3.8, 4) is 0 Å². The van der Waals surface area contributed by atoms with Gasteiger partial charge in [-0.3, -0.25) is 4.79 Å². The summed E-state index contributed by atoms with van der Waals surface area (Å²) in [6.45, 7) is 2.85. The smallest absolute Gasteiger partial charge is 0.254 e. The predicted molar refractivity (Wildman–Crippen MR) is 70.6 cm³/mol. The Kier molecular flexibility index (Phi) is 4.73. The van der Waals surface area contributed by atoms with Crippen LogP contribution in [0.5, 0.6) is 0 Å². The summed E-state index contributed by atoms with van der Waals surface area (Å²) in [5, 5.41) is 3.12. The first kappa shape index (κ1) is 13.1. The van der Waals surface area contributed by atoms with Crippen LogP contribution in [0.1, 0.15) is 16.8 Å². The van der Waals surface area contributed by atoms with Gasteiger partial charge in [0.25, 0.3) is 5.91 Å². The van der Waals surface area contributed by atoms with Crippen LogP contribution in [0, 0.1) is 0 Å². The Labute approximate surface area is 108 Å². The van der Waals surface area contributed by atoms with Crippen LogP contribution in [0.2, 0.25) is 0 Å². The van der Waals surface area contributed by atoms with Crippen LogP contribution >= 0.6 is 0 Å². The van der Waals surface area contributed by atoms with Gasteiger partial charge in [0.2, 0.25) is 0 Å². The summed E-state index contributed by atoms with van der Waals surface area (Å²) in [7, 11) is 1.92. The third-order valence-corrected chi connectivity index (χ3v) is 3.24. The van der Waals surface area contributed by atoms with E-state index >= 15 is 0 Å². The van der Waals surface area contributed by atoms with Crippen molar-refractivity contribution >= 4 is 5.91 Å². The molecule has 0 saturated carbocycles. The van der Waals surface area contributed by atoms with Gasteiger partial charge >= 0.3 is 0 Å². The first-order valence-electron chi connectivity index (χ1n) is 6.41. The lowest BCUT2D eigenvalue weighted by atomic mass is 10.1. The van der Waals surface area contributed by atoms with Crippen molar-refractivity contribution in [3.05, 3.63) is 35.9 Å². The van der Waals surface area contributed by atoms with E-state index in [2.05, 4.69) is 5.32 Å². The largest absolute Gasteiger partial charge is 0.377 e. The summed E-state index contributed by atoms with van der Waals surface area (Å²) in [6, 6.07) is 9.64. The second-order valence-electron chi connectivity index (χ2n) is 4.49. The van der Waals surface area contributed by atoms with Crippen molar-refractivity contribution < 1.29 is 9.53 Å². The van der Waals surface area contributed by atoms with E-state index in [9.17, 15) is 4.79 Å². The average molecular weight is 248 g/mol. The molecule has 98 valence electrons. The molecule has 1 aliphatic rings. The Morgan fingerprint density at radius 1 is 1.44 bits per heavy atom. The summed E-state index contributed by atoms with van der Waals surface area (Å²) in [6.07, 6.45) is 0.926. The Bertz CT molecular complexity index is 381. The molecule has 1 amide bonds. The number of morpholine rings is 1. The fraction of sp³-hybridized carbons (Fsp3) is 0.500. The first-order valence-corrected chi connectivity index (χ1v) is 6.41. The molecule has 1 atom stereocenters. The van der Waals surface area contributed by atoms with Crippen molar-refractivity contribution in [3.63, 3.8) is 0 Å². The molecule has 0 bridgehead atoms. The van der Waals surface area contributed by atoms with Gasteiger partial charge in [0.15, 0.2) is 0 Å². The van der Waals surface area contributed by atoms with Gasteiger partial charge in [-0.25, -0.2) is 0 Å². The minimum Gasteiger partial charge on any atom is -0.377 e. The lowest BCUT2D eigenvalue weighted by Crippen LogP contribution is -2.49. The fourth-order valence-corrected chi connectivity index (χ4v) is 2.22. The van der Waals surface area contributed by atoms with Gasteiger partial charge < -0.3 is 15.0 Å². The molecule has 0 spiro atoms. The molecule has 0 aromatic heterocycles. The molecule has 1 aliphatic heterocycles. The lowest BCUT2D eigenvalue weighted by molar-refractivity contribution is -0.00388. The molecule has 1 fully saturated rings. The Morgan fingerprint density at radius 2 is 2.22 bits per heavy atom. The van der Waals surface area contributed by atoms with Crippen LogP contribution in [-0.2, 0) is 4.74 Å². The van der Waals surface area contributed by atoms with Crippen molar-refractivity contribution in [1.29, 1.82) is 0 Å². The van der Waals surface area contributed by atoms with Gasteiger partial charge in [-0.05, 0) is 32.1 Å². The van der Waals surface area contributed by atoms with Crippen LogP contribution in [0.3, 0.4) is 0 Å². The number of carbonyl (C=O) groups is 1. The van der Waals surface area contributed by atoms with Crippen molar-refractivity contribution in [2.75, 3.05) is 33.4 Å². The molecule has 1 N–H and O–H groups in total. The van der Waals surface area contributed by atoms with Gasteiger partial charge in [0, 0.05) is 12.1 Å². The number of hydrogen-bond donors (Lipinski definition) is 1. The van der Waals surface area contributed by atoms with E-state index in [4.69, 9.17) is 4.74 Å². The standard InChI is InChI=1S/C14H20N2O2/c1-15-8-7-13-11-18-10-9-16(13)14(17)12-5-3-2-4-6-12/h2-6,13,15H,7-11H2,1H3. The molecule has 0 aliphatic carbocycles. The summed E-state index contributed by atoms with van der Waals surface area (Å²) in [5.74, 6) is 0.111. The van der Waals surface area contributed by atoms with Gasteiger partial charge in [0.05, 0.1) is 19.3 Å². The Balaban J connectivity index is 2.06. The lowest BCUT2D eigenvalue weighted by Gasteiger charge is -2.35. The molecule has 1 unspecified atom stereocenters. The minimum atomic E-state index is 0.111. The number of ether oxygens (including phenoxy) is 1. The number of nitrogens with one attached hydrogen (secondary N) is 1. The third-order valence-electron chi connectivity index (χ3n) is 3.24. The second kappa shape index (κ2) is 6.52. The predicted octanol–water partition coefficient (Wildman–Crippen LogP) is 1.14. The zero-order chi connectivity index (χ0) is 12.8. The summed E-state index contributed by atoms with van der Waals surface area (Å²) >= 11 is 0. The monoisotopic (exact) mass is 248 g/mol. The van der Waals surface area contributed by atoms with E-state index in [0.717, 1.165) is 18.5 Å². The number of hydrogen-bond acceptors (Lipinski definition) is 3. The Hall–Kier alpha value is -1.39. The maximum atomic E-state index is 12.4. The summed E-state index contributed by atoms with van der Waals surface area (Å²) < 4.78 is 5.47. The van der Waals surface area contributed by atoms with Gasteiger partial charge in [-0.2, -0.15) is 0 Å². The zero-order valence-corrected chi connectivity index (χ0v) is 10.8. The maximum Gasteiger partial charge on any atom is 0.254 e. The highest BCUT2D eigenvalue weighted by atomic mass is 16.5. The molecule has 2 rings (SSSR count). The minimum absolute atomic E-state index is 0.111. The van der Waals surface area contributed by atoms with Gasteiger partial charge in [0.1, 0.15) is 0 Å². The second-order valence-corrected chi connectivity index (χ2v) is 4.49. The Morgan fingerprint density at radius 3 is 2.94 bits per heavy atom. The van der Waals surface area contributed by atoms with Crippen molar-refractivity contribution in [2.45, 2.75) is 12.5 Å². The number of nitrogens with zero attached hydrogens (tertiary/aromatic N) is 1. The molecular formula is C14H20N2O2. The highest BCUT2D eigenvalue weighted by Gasteiger charge is 2.27. The molecule has 1 heterocycles. The maximum absolute atomic E-state index is 12.4. The van der Waals surface area contributed by atoms with Crippen LogP contribution in [-0.4, -0.2) is 50.2 Å². The SMILES string of the molecule is CNCCC1COCCN1C(=O)c1ccccc1. The highest BCUT2D eigenvalue weighted by Crippen LogP contribution is 2.14. The average Bonchev–Trinajstić information content (AvgIpc) is 2.45. The van der Waals surface area contributed by atoms with Crippen LogP contribution in [0.25, 0.3) is 0 Å². The van der Waals surface area contributed by atoms with Gasteiger partial charge in [-0.15, -0.1) is 0 Å². The van der Waals surface area contributed by atoms with Crippen LogP contribution in [0.15, 0.2) is 30.3 Å².